The van der Waals surface area contributed by atoms with Crippen LogP contribution < -0.4 is 15.4 Å². The molecule has 0 aromatic heterocycles. The number of fused-ring (bicyclic) bond motifs is 1. The second-order valence-corrected chi connectivity index (χ2v) is 9.79. The number of carbonyl (C=O) groups is 2. The molecule has 4 rings (SSSR count). The van der Waals surface area contributed by atoms with Gasteiger partial charge in [-0.1, -0.05) is 55.3 Å². The van der Waals surface area contributed by atoms with Gasteiger partial charge in [-0.05, 0) is 63.4 Å². The lowest BCUT2D eigenvalue weighted by Gasteiger charge is -2.41. The number of nitrogens with one attached hydrogen (secondary N) is 2. The molecule has 2 aromatic rings. The van der Waals surface area contributed by atoms with Crippen LogP contribution in [0.4, 0.5) is 0 Å². The Labute approximate surface area is 203 Å². The molecule has 1 atom stereocenters. The van der Waals surface area contributed by atoms with Crippen molar-refractivity contribution >= 4 is 11.8 Å². The Bertz CT molecular complexity index is 954. The van der Waals surface area contributed by atoms with Gasteiger partial charge >= 0.3 is 0 Å². The molecule has 2 N–H and O–H groups in total. The van der Waals surface area contributed by atoms with Crippen molar-refractivity contribution in [3.8, 4) is 5.75 Å². The third kappa shape index (κ3) is 6.17. The molecule has 1 saturated heterocycles. The van der Waals surface area contributed by atoms with Crippen molar-refractivity contribution in [3.63, 3.8) is 0 Å². The molecule has 6 nitrogen and oxygen atoms in total. The van der Waals surface area contributed by atoms with E-state index in [-0.39, 0.29) is 23.3 Å². The average Bonchev–Trinajstić information content (AvgIpc) is 2.86. The molecule has 2 aromatic carbocycles. The van der Waals surface area contributed by atoms with Crippen LogP contribution in [0.1, 0.15) is 61.4 Å². The van der Waals surface area contributed by atoms with Crippen LogP contribution in [-0.2, 0) is 11.3 Å². The molecule has 0 unspecified atom stereocenters. The maximum Gasteiger partial charge on any atom is 0.255 e. The lowest BCUT2D eigenvalue weighted by Crippen LogP contribution is -2.51. The summed E-state index contributed by atoms with van der Waals surface area (Å²) in [5, 5.41) is 6.25. The molecule has 2 heterocycles. The largest absolute Gasteiger partial charge is 0.491 e. The molecular formula is C28H37N3O3. The van der Waals surface area contributed by atoms with Crippen molar-refractivity contribution in [2.45, 2.75) is 58.0 Å². The van der Waals surface area contributed by atoms with Crippen molar-refractivity contribution in [1.29, 1.82) is 0 Å². The fourth-order valence-electron chi connectivity index (χ4n) is 5.05. The summed E-state index contributed by atoms with van der Waals surface area (Å²) in [6.45, 7) is 5.71. The first kappa shape index (κ1) is 24.3. The van der Waals surface area contributed by atoms with Crippen molar-refractivity contribution in [1.82, 2.24) is 15.5 Å². The highest BCUT2D eigenvalue weighted by Crippen LogP contribution is 2.38. The lowest BCUT2D eigenvalue weighted by molar-refractivity contribution is -0.135. The van der Waals surface area contributed by atoms with Gasteiger partial charge in [-0.25, -0.2) is 0 Å². The molecule has 2 aliphatic heterocycles. The van der Waals surface area contributed by atoms with E-state index in [1.165, 1.54) is 5.56 Å². The summed E-state index contributed by atoms with van der Waals surface area (Å²) in [5.41, 5.74) is 1.53. The smallest absolute Gasteiger partial charge is 0.255 e. The number of amides is 2. The molecule has 0 radical (unpaired) electrons. The van der Waals surface area contributed by atoms with Crippen molar-refractivity contribution in [3.05, 3.63) is 65.7 Å². The summed E-state index contributed by atoms with van der Waals surface area (Å²) in [4.78, 5) is 28.6. The fraction of sp³-hybridized carbons (Fsp3) is 0.500. The summed E-state index contributed by atoms with van der Waals surface area (Å²) in [7, 11) is 0. The first-order chi connectivity index (χ1) is 16.6. The molecule has 0 aliphatic carbocycles. The summed E-state index contributed by atoms with van der Waals surface area (Å²) < 4.78 is 5.97. The number of nitrogens with zero attached hydrogens (tertiary/aromatic N) is 1. The second-order valence-electron chi connectivity index (χ2n) is 9.79. The average molecular weight is 464 g/mol. The van der Waals surface area contributed by atoms with E-state index >= 15 is 0 Å². The van der Waals surface area contributed by atoms with Crippen LogP contribution >= 0.6 is 0 Å². The van der Waals surface area contributed by atoms with Gasteiger partial charge < -0.3 is 15.4 Å². The van der Waals surface area contributed by atoms with E-state index in [2.05, 4.69) is 39.8 Å². The van der Waals surface area contributed by atoms with Crippen LogP contribution in [0.2, 0.25) is 0 Å². The highest BCUT2D eigenvalue weighted by Gasteiger charge is 2.41. The minimum absolute atomic E-state index is 0.107. The Balaban J connectivity index is 1.43. The van der Waals surface area contributed by atoms with Crippen LogP contribution in [-0.4, -0.2) is 49.0 Å². The van der Waals surface area contributed by atoms with Crippen molar-refractivity contribution in [2.75, 3.05) is 26.2 Å². The van der Waals surface area contributed by atoms with Gasteiger partial charge in [0.05, 0.1) is 17.0 Å². The quantitative estimate of drug-likeness (QED) is 0.702. The molecule has 2 aliphatic rings. The molecule has 182 valence electrons. The van der Waals surface area contributed by atoms with Gasteiger partial charge in [0.15, 0.2) is 0 Å². The number of hydrogen-bond donors (Lipinski definition) is 2. The van der Waals surface area contributed by atoms with Gasteiger partial charge in [0.25, 0.3) is 5.91 Å². The Kier molecular flexibility index (Phi) is 8.22. The number of carbonyl (C=O) groups excluding carboxylic acids is 2. The van der Waals surface area contributed by atoms with E-state index in [1.54, 1.807) is 6.07 Å². The number of rotatable bonds is 2. The molecule has 1 spiro atoms. The van der Waals surface area contributed by atoms with Crippen molar-refractivity contribution in [2.24, 2.45) is 5.41 Å². The summed E-state index contributed by atoms with van der Waals surface area (Å²) in [6.07, 6.45) is 5.53. The monoisotopic (exact) mass is 463 g/mol. The van der Waals surface area contributed by atoms with Gasteiger partial charge in [0.1, 0.15) is 12.4 Å². The summed E-state index contributed by atoms with van der Waals surface area (Å²) >= 11 is 0. The van der Waals surface area contributed by atoms with E-state index in [9.17, 15) is 9.59 Å². The summed E-state index contributed by atoms with van der Waals surface area (Å²) in [5.74, 6) is 0.602. The maximum atomic E-state index is 13.6. The highest BCUT2D eigenvalue weighted by molar-refractivity contribution is 5.96. The molecule has 34 heavy (non-hydrogen) atoms. The predicted molar refractivity (Wildman–Crippen MR) is 134 cm³/mol. The Morgan fingerprint density at radius 2 is 1.68 bits per heavy atom. The number of benzene rings is 2. The lowest BCUT2D eigenvalue weighted by atomic mass is 9.73. The number of ether oxygens (including phenoxy) is 1. The van der Waals surface area contributed by atoms with E-state index in [4.69, 9.17) is 4.74 Å². The minimum Gasteiger partial charge on any atom is -0.491 e. The van der Waals surface area contributed by atoms with Gasteiger partial charge in [-0.3, -0.25) is 14.5 Å². The zero-order valence-electron chi connectivity index (χ0n) is 20.2. The number of hydrogen-bond acceptors (Lipinski definition) is 4. The second kappa shape index (κ2) is 11.5. The van der Waals surface area contributed by atoms with E-state index in [1.807, 2.05) is 31.2 Å². The predicted octanol–water partition coefficient (Wildman–Crippen LogP) is 4.16. The Hall–Kier alpha value is -2.86. The molecule has 6 heteroatoms. The summed E-state index contributed by atoms with van der Waals surface area (Å²) in [6, 6.07) is 17.7. The van der Waals surface area contributed by atoms with Gasteiger partial charge in [0, 0.05) is 13.1 Å². The molecule has 0 saturated carbocycles. The number of likely N-dealkylation sites (tertiary alicyclic amines) is 1. The van der Waals surface area contributed by atoms with Crippen molar-refractivity contribution < 1.29 is 14.3 Å². The van der Waals surface area contributed by atoms with E-state index < -0.39 is 0 Å². The topological polar surface area (TPSA) is 70.7 Å². The van der Waals surface area contributed by atoms with Gasteiger partial charge in [-0.15, -0.1) is 0 Å². The molecular weight excluding hydrogens is 426 g/mol. The third-order valence-electron chi connectivity index (χ3n) is 7.16. The van der Waals surface area contributed by atoms with Crippen LogP contribution in [0.3, 0.4) is 0 Å². The van der Waals surface area contributed by atoms with E-state index in [0.717, 1.165) is 58.2 Å². The molecule has 0 bridgehead atoms. The van der Waals surface area contributed by atoms with Crippen LogP contribution in [0.5, 0.6) is 5.75 Å². The fourth-order valence-corrected chi connectivity index (χ4v) is 5.05. The maximum absolute atomic E-state index is 13.6. The first-order valence-electron chi connectivity index (χ1n) is 12.6. The molecule has 1 fully saturated rings. The first-order valence-corrected chi connectivity index (χ1v) is 12.6. The van der Waals surface area contributed by atoms with Gasteiger partial charge in [0.2, 0.25) is 5.91 Å². The normalized spacial score (nSPS) is 22.4. The van der Waals surface area contributed by atoms with Crippen LogP contribution in [0, 0.1) is 5.41 Å². The minimum atomic E-state index is -0.331. The Morgan fingerprint density at radius 1 is 0.941 bits per heavy atom. The van der Waals surface area contributed by atoms with E-state index in [0.29, 0.717) is 24.5 Å². The SMILES string of the molecule is C[C@H]1COc2ccccc2C(=O)NCCCCCC2(CCN(Cc3ccccc3)CC2)C(=O)N1. The van der Waals surface area contributed by atoms with Crippen LogP contribution in [0.15, 0.2) is 54.6 Å². The third-order valence-corrected chi connectivity index (χ3v) is 7.16. The molecule has 2 amide bonds. The number of piperidine rings is 1. The zero-order chi connectivity index (χ0) is 23.8. The number of para-hydroxylation sites is 1. The highest BCUT2D eigenvalue weighted by atomic mass is 16.5. The zero-order valence-corrected chi connectivity index (χ0v) is 20.2. The van der Waals surface area contributed by atoms with Crippen LogP contribution in [0.25, 0.3) is 0 Å². The van der Waals surface area contributed by atoms with Gasteiger partial charge in [-0.2, -0.15) is 0 Å². The standard InChI is InChI=1S/C28H37N3O3/c1-22-21-34-25-13-7-6-12-24(25)26(32)29-17-9-3-8-14-28(27(33)30-22)15-18-31(19-16-28)20-23-10-4-2-5-11-23/h2,4-7,10-13,22H,3,8-9,14-21H2,1H3,(H,29,32)(H,30,33)/t22-/m0/s1. The Morgan fingerprint density at radius 3 is 2.47 bits per heavy atom.